The van der Waals surface area contributed by atoms with Crippen molar-refractivity contribution in [1.82, 2.24) is 5.32 Å². The molecule has 0 aliphatic rings. The predicted molar refractivity (Wildman–Crippen MR) is 50.9 cm³/mol. The Labute approximate surface area is 91.8 Å². The van der Waals surface area contributed by atoms with Crippen molar-refractivity contribution < 1.29 is 27.8 Å². The van der Waals surface area contributed by atoms with Crippen molar-refractivity contribution in [2.24, 2.45) is 0 Å². The summed E-state index contributed by atoms with van der Waals surface area (Å²) in [4.78, 5) is 11.0. The minimum Gasteiger partial charge on any atom is -0.444 e. The maximum atomic E-state index is 11.8. The average Bonchev–Trinajstić information content (AvgIpc) is 1.94. The fourth-order valence-electron chi connectivity index (χ4n) is 0.855. The van der Waals surface area contributed by atoms with Gasteiger partial charge < -0.3 is 15.2 Å². The van der Waals surface area contributed by atoms with Crippen LogP contribution in [0, 0.1) is 0 Å². The zero-order chi connectivity index (χ0) is 13.0. The van der Waals surface area contributed by atoms with Crippen molar-refractivity contribution in [1.29, 1.82) is 0 Å². The van der Waals surface area contributed by atoms with Gasteiger partial charge in [0.25, 0.3) is 0 Å². The molecule has 96 valence electrons. The van der Waals surface area contributed by atoms with Crippen LogP contribution in [0.25, 0.3) is 0 Å². The van der Waals surface area contributed by atoms with Gasteiger partial charge in [-0.3, -0.25) is 0 Å². The van der Waals surface area contributed by atoms with Gasteiger partial charge in [0.15, 0.2) is 0 Å². The Morgan fingerprint density at radius 1 is 1.38 bits per heavy atom. The van der Waals surface area contributed by atoms with E-state index in [1.54, 1.807) is 20.8 Å². The Morgan fingerprint density at radius 2 is 1.88 bits per heavy atom. The summed E-state index contributed by atoms with van der Waals surface area (Å²) in [5, 5.41) is 11.0. The molecule has 7 heteroatoms. The molecule has 4 nitrogen and oxygen atoms in total. The Balaban J connectivity index is 3.85. The third-order valence-electron chi connectivity index (χ3n) is 1.35. The molecule has 1 amide bonds. The molecule has 0 aromatic heterocycles. The van der Waals surface area contributed by atoms with Crippen LogP contribution in [0.4, 0.5) is 18.0 Å². The first-order valence-corrected chi connectivity index (χ1v) is 4.71. The minimum atomic E-state index is -4.45. The molecule has 1 atom stereocenters. The number of alkyl carbamates (subject to hydrolysis) is 1. The maximum Gasteiger partial charge on any atom is 0.407 e. The number of aliphatic hydroxyl groups is 1. The number of aliphatic hydroxyl groups excluding tert-OH is 1. The van der Waals surface area contributed by atoms with E-state index in [2.05, 4.69) is 5.32 Å². The van der Waals surface area contributed by atoms with E-state index >= 15 is 0 Å². The molecule has 0 aliphatic carbocycles. The number of amides is 1. The first-order chi connectivity index (χ1) is 6.99. The molecule has 16 heavy (non-hydrogen) atoms. The van der Waals surface area contributed by atoms with Crippen LogP contribution in [0.1, 0.15) is 27.2 Å². The average molecular weight is 243 g/mol. The maximum absolute atomic E-state index is 11.8. The smallest absolute Gasteiger partial charge is 0.407 e. The number of nitrogens with one attached hydrogen (secondary N) is 1. The Kier molecular flexibility index (Phi) is 5.05. The summed E-state index contributed by atoms with van der Waals surface area (Å²) in [5.74, 6) is 0. The van der Waals surface area contributed by atoms with E-state index in [1.165, 1.54) is 0 Å². The number of halogens is 3. The molecule has 0 saturated carbocycles. The molecule has 0 bridgehead atoms. The van der Waals surface area contributed by atoms with E-state index < -0.39 is 36.9 Å². The molecule has 0 fully saturated rings. The highest BCUT2D eigenvalue weighted by Crippen LogP contribution is 2.21. The lowest BCUT2D eigenvalue weighted by atomic mass is 10.2. The zero-order valence-corrected chi connectivity index (χ0v) is 9.39. The summed E-state index contributed by atoms with van der Waals surface area (Å²) in [6.07, 6.45) is -8.32. The second-order valence-electron chi connectivity index (χ2n) is 4.36. The van der Waals surface area contributed by atoms with Crippen molar-refractivity contribution in [3.05, 3.63) is 0 Å². The van der Waals surface area contributed by atoms with E-state index in [1.807, 2.05) is 0 Å². The minimum absolute atomic E-state index is 0.492. The van der Waals surface area contributed by atoms with Gasteiger partial charge in [-0.2, -0.15) is 13.2 Å². The lowest BCUT2D eigenvalue weighted by Gasteiger charge is -2.20. The molecule has 2 N–H and O–H groups in total. The topological polar surface area (TPSA) is 58.6 Å². The summed E-state index contributed by atoms with van der Waals surface area (Å²) in [6, 6.07) is 0. The Hall–Kier alpha value is -0.980. The van der Waals surface area contributed by atoms with E-state index in [0.29, 0.717) is 0 Å². The zero-order valence-electron chi connectivity index (χ0n) is 9.39. The van der Waals surface area contributed by atoms with E-state index in [4.69, 9.17) is 9.84 Å². The Bertz CT molecular complexity index is 235. The van der Waals surface area contributed by atoms with Gasteiger partial charge in [-0.05, 0) is 20.8 Å². The van der Waals surface area contributed by atoms with Crippen molar-refractivity contribution in [3.63, 3.8) is 0 Å². The molecule has 0 aromatic carbocycles. The molecular weight excluding hydrogens is 227 g/mol. The monoisotopic (exact) mass is 243 g/mol. The molecule has 0 aromatic rings. The number of carbonyl (C=O) groups excluding carboxylic acids is 1. The number of hydrogen-bond donors (Lipinski definition) is 2. The number of ether oxygens (including phenoxy) is 1. The van der Waals surface area contributed by atoms with Gasteiger partial charge in [-0.1, -0.05) is 0 Å². The molecule has 0 aliphatic heterocycles. The Morgan fingerprint density at radius 3 is 2.25 bits per heavy atom. The molecular formula is C9H16F3NO3. The van der Waals surface area contributed by atoms with Gasteiger partial charge in [-0.25, -0.2) is 4.79 Å². The van der Waals surface area contributed by atoms with E-state index in [0.717, 1.165) is 0 Å². The molecule has 0 rings (SSSR count). The highest BCUT2D eigenvalue weighted by Gasteiger charge is 2.31. The SMILES string of the molecule is CC(C)(C)OC(=O)NC[C@@H](O)CC(F)(F)F. The first-order valence-electron chi connectivity index (χ1n) is 4.71. The lowest BCUT2D eigenvalue weighted by molar-refractivity contribution is -0.152. The highest BCUT2D eigenvalue weighted by atomic mass is 19.4. The van der Waals surface area contributed by atoms with Crippen LogP contribution < -0.4 is 5.32 Å². The van der Waals surface area contributed by atoms with E-state index in [9.17, 15) is 18.0 Å². The first kappa shape index (κ1) is 15.0. The third-order valence-corrected chi connectivity index (χ3v) is 1.35. The number of alkyl halides is 3. The second-order valence-corrected chi connectivity index (χ2v) is 4.36. The van der Waals surface area contributed by atoms with Crippen molar-refractivity contribution in [2.45, 2.75) is 45.1 Å². The largest absolute Gasteiger partial charge is 0.444 e. The van der Waals surface area contributed by atoms with Gasteiger partial charge in [0, 0.05) is 6.54 Å². The normalized spacial score (nSPS) is 14.4. The molecule has 0 heterocycles. The predicted octanol–water partition coefficient (Wildman–Crippen LogP) is 1.82. The van der Waals surface area contributed by atoms with Gasteiger partial charge in [0.2, 0.25) is 0 Å². The van der Waals surface area contributed by atoms with Crippen molar-refractivity contribution in [3.8, 4) is 0 Å². The fraction of sp³-hybridized carbons (Fsp3) is 0.889. The molecule has 0 spiro atoms. The third kappa shape index (κ3) is 9.57. The van der Waals surface area contributed by atoms with Crippen LogP contribution in [0.5, 0.6) is 0 Å². The summed E-state index contributed by atoms with van der Waals surface area (Å²) in [5.41, 5.74) is -0.723. The van der Waals surface area contributed by atoms with Crippen molar-refractivity contribution in [2.75, 3.05) is 6.54 Å². The number of hydrogen-bond acceptors (Lipinski definition) is 3. The van der Waals surface area contributed by atoms with Crippen molar-refractivity contribution >= 4 is 6.09 Å². The molecule has 0 saturated heterocycles. The van der Waals surface area contributed by atoms with E-state index in [-0.39, 0.29) is 0 Å². The lowest BCUT2D eigenvalue weighted by Crippen LogP contribution is -2.38. The van der Waals surface area contributed by atoms with Crippen LogP contribution in [0.2, 0.25) is 0 Å². The standard InChI is InChI=1S/C9H16F3NO3/c1-8(2,3)16-7(15)13-5-6(14)4-9(10,11)12/h6,14H,4-5H2,1-3H3,(H,13,15)/t6-/m0/s1. The summed E-state index contributed by atoms with van der Waals surface area (Å²) >= 11 is 0. The molecule has 0 unspecified atom stereocenters. The highest BCUT2D eigenvalue weighted by molar-refractivity contribution is 5.67. The number of rotatable bonds is 3. The van der Waals surface area contributed by atoms with Gasteiger partial charge in [0.05, 0.1) is 12.5 Å². The quantitative estimate of drug-likeness (QED) is 0.795. The van der Waals surface area contributed by atoms with Crippen LogP contribution in [0.15, 0.2) is 0 Å². The summed E-state index contributed by atoms with van der Waals surface area (Å²) in [7, 11) is 0. The molecule has 0 radical (unpaired) electrons. The summed E-state index contributed by atoms with van der Waals surface area (Å²) in [6.45, 7) is 4.38. The van der Waals surface area contributed by atoms with Gasteiger partial charge in [0.1, 0.15) is 5.60 Å². The van der Waals surface area contributed by atoms with Gasteiger partial charge in [-0.15, -0.1) is 0 Å². The van der Waals surface area contributed by atoms with Crippen LogP contribution in [-0.4, -0.2) is 35.6 Å². The summed E-state index contributed by atoms with van der Waals surface area (Å²) < 4.78 is 40.2. The second kappa shape index (κ2) is 5.38. The van der Waals surface area contributed by atoms with Gasteiger partial charge >= 0.3 is 12.3 Å². The van der Waals surface area contributed by atoms with Crippen LogP contribution in [0.3, 0.4) is 0 Å². The van der Waals surface area contributed by atoms with Crippen LogP contribution >= 0.6 is 0 Å². The fourth-order valence-corrected chi connectivity index (χ4v) is 0.855. The number of carbonyl (C=O) groups is 1. The van der Waals surface area contributed by atoms with Crippen LogP contribution in [-0.2, 0) is 4.74 Å².